The van der Waals surface area contributed by atoms with Gasteiger partial charge in [0.25, 0.3) is 0 Å². The van der Waals surface area contributed by atoms with E-state index in [-0.39, 0.29) is 6.54 Å². The Kier molecular flexibility index (Phi) is 4.52. The van der Waals surface area contributed by atoms with Crippen LogP contribution in [0.2, 0.25) is 0 Å². The fourth-order valence-electron chi connectivity index (χ4n) is 0.632. The monoisotopic (exact) mass is 204 g/mol. The lowest BCUT2D eigenvalue weighted by molar-refractivity contribution is -0.144. The van der Waals surface area contributed by atoms with E-state index < -0.39 is 29.9 Å². The van der Waals surface area contributed by atoms with Gasteiger partial charge in [0.05, 0.1) is 12.0 Å². The SMILES string of the molecule is CC(C)(CN)C(=O)N[C@@H](CO)C(=O)O. The van der Waals surface area contributed by atoms with Crippen molar-refractivity contribution in [3.8, 4) is 0 Å². The lowest BCUT2D eigenvalue weighted by Crippen LogP contribution is -2.50. The van der Waals surface area contributed by atoms with E-state index in [0.717, 1.165) is 0 Å². The number of aliphatic hydroxyl groups is 1. The maximum absolute atomic E-state index is 11.4. The van der Waals surface area contributed by atoms with Gasteiger partial charge in [-0.1, -0.05) is 0 Å². The molecule has 0 radical (unpaired) electrons. The number of rotatable bonds is 5. The number of hydrogen-bond donors (Lipinski definition) is 4. The van der Waals surface area contributed by atoms with Gasteiger partial charge in [-0.3, -0.25) is 4.79 Å². The predicted molar refractivity (Wildman–Crippen MR) is 49.5 cm³/mol. The van der Waals surface area contributed by atoms with Gasteiger partial charge < -0.3 is 21.3 Å². The average Bonchev–Trinajstić information content (AvgIpc) is 2.12. The third kappa shape index (κ3) is 3.31. The first-order valence-electron chi connectivity index (χ1n) is 4.20. The third-order valence-electron chi connectivity index (χ3n) is 1.91. The fraction of sp³-hybridized carbons (Fsp3) is 0.750. The fourth-order valence-corrected chi connectivity index (χ4v) is 0.632. The van der Waals surface area contributed by atoms with E-state index in [1.165, 1.54) is 0 Å². The molecule has 1 amide bonds. The summed E-state index contributed by atoms with van der Waals surface area (Å²) >= 11 is 0. The van der Waals surface area contributed by atoms with Crippen molar-refractivity contribution in [1.82, 2.24) is 5.32 Å². The Labute approximate surface area is 82.1 Å². The van der Waals surface area contributed by atoms with Crippen LogP contribution in [0.25, 0.3) is 0 Å². The molecule has 0 heterocycles. The summed E-state index contributed by atoms with van der Waals surface area (Å²) in [7, 11) is 0. The van der Waals surface area contributed by atoms with E-state index in [4.69, 9.17) is 15.9 Å². The molecule has 0 aliphatic rings. The summed E-state index contributed by atoms with van der Waals surface area (Å²) < 4.78 is 0. The van der Waals surface area contributed by atoms with Gasteiger partial charge in [-0.25, -0.2) is 4.79 Å². The summed E-state index contributed by atoms with van der Waals surface area (Å²) in [4.78, 5) is 21.9. The first kappa shape index (κ1) is 12.9. The standard InChI is InChI=1S/C8H16N2O4/c1-8(2,4-9)7(14)10-5(3-11)6(12)13/h5,11H,3-4,9H2,1-2H3,(H,10,14)(H,12,13)/t5-/m0/s1. The molecule has 0 unspecified atom stereocenters. The molecule has 0 fully saturated rings. The first-order valence-corrected chi connectivity index (χ1v) is 4.20. The highest BCUT2D eigenvalue weighted by Gasteiger charge is 2.29. The molecule has 14 heavy (non-hydrogen) atoms. The van der Waals surface area contributed by atoms with Gasteiger partial charge in [0.2, 0.25) is 5.91 Å². The average molecular weight is 204 g/mol. The Morgan fingerprint density at radius 3 is 2.29 bits per heavy atom. The molecule has 5 N–H and O–H groups in total. The van der Waals surface area contributed by atoms with Gasteiger partial charge in [-0.05, 0) is 13.8 Å². The Morgan fingerprint density at radius 1 is 1.50 bits per heavy atom. The molecule has 0 saturated carbocycles. The Morgan fingerprint density at radius 2 is 2.00 bits per heavy atom. The van der Waals surface area contributed by atoms with Crippen LogP contribution >= 0.6 is 0 Å². The summed E-state index contributed by atoms with van der Waals surface area (Å²) in [6.07, 6.45) is 0. The number of nitrogens with two attached hydrogens (primary N) is 1. The minimum absolute atomic E-state index is 0.108. The molecule has 0 aliphatic heterocycles. The van der Waals surface area contributed by atoms with Crippen molar-refractivity contribution < 1.29 is 19.8 Å². The summed E-state index contributed by atoms with van der Waals surface area (Å²) in [6.45, 7) is 2.66. The largest absolute Gasteiger partial charge is 0.480 e. The Bertz CT molecular complexity index is 227. The van der Waals surface area contributed by atoms with E-state index in [1.54, 1.807) is 13.8 Å². The number of nitrogens with one attached hydrogen (secondary N) is 1. The van der Waals surface area contributed by atoms with Crippen molar-refractivity contribution in [3.63, 3.8) is 0 Å². The van der Waals surface area contributed by atoms with Crippen LogP contribution in [0.4, 0.5) is 0 Å². The number of carbonyl (C=O) groups is 2. The molecule has 0 saturated heterocycles. The normalized spacial score (nSPS) is 13.4. The van der Waals surface area contributed by atoms with E-state index in [2.05, 4.69) is 5.32 Å². The molecule has 1 atom stereocenters. The van der Waals surface area contributed by atoms with E-state index in [0.29, 0.717) is 0 Å². The maximum atomic E-state index is 11.4. The van der Waals surface area contributed by atoms with Crippen LogP contribution in [0.5, 0.6) is 0 Å². The maximum Gasteiger partial charge on any atom is 0.328 e. The van der Waals surface area contributed by atoms with Gasteiger partial charge in [0, 0.05) is 6.54 Å². The van der Waals surface area contributed by atoms with Crippen LogP contribution in [-0.4, -0.2) is 41.3 Å². The number of carboxylic acids is 1. The van der Waals surface area contributed by atoms with Gasteiger partial charge in [0.1, 0.15) is 6.04 Å². The molecule has 0 aliphatic carbocycles. The van der Waals surface area contributed by atoms with Gasteiger partial charge in [0.15, 0.2) is 0 Å². The number of amides is 1. The quantitative estimate of drug-likeness (QED) is 0.437. The minimum atomic E-state index is -1.27. The summed E-state index contributed by atoms with van der Waals surface area (Å²) in [5.41, 5.74) is 4.50. The zero-order chi connectivity index (χ0) is 11.4. The molecule has 0 aromatic rings. The number of carboxylic acid groups (broad SMARTS) is 1. The molecular weight excluding hydrogens is 188 g/mol. The molecule has 0 aromatic heterocycles. The Hall–Kier alpha value is -1.14. The number of carbonyl (C=O) groups excluding carboxylic acids is 1. The van der Waals surface area contributed by atoms with E-state index >= 15 is 0 Å². The number of aliphatic carboxylic acids is 1. The minimum Gasteiger partial charge on any atom is -0.480 e. The van der Waals surface area contributed by atoms with E-state index in [9.17, 15) is 9.59 Å². The molecule has 6 nitrogen and oxygen atoms in total. The van der Waals surface area contributed by atoms with Gasteiger partial charge in [-0.2, -0.15) is 0 Å². The van der Waals surface area contributed by atoms with Crippen LogP contribution < -0.4 is 11.1 Å². The highest BCUT2D eigenvalue weighted by atomic mass is 16.4. The van der Waals surface area contributed by atoms with Crippen molar-refractivity contribution in [2.75, 3.05) is 13.2 Å². The number of hydrogen-bond acceptors (Lipinski definition) is 4. The van der Waals surface area contributed by atoms with Crippen LogP contribution in [0.3, 0.4) is 0 Å². The zero-order valence-electron chi connectivity index (χ0n) is 8.28. The van der Waals surface area contributed by atoms with Crippen LogP contribution in [0.15, 0.2) is 0 Å². The second-order valence-corrected chi connectivity index (χ2v) is 3.63. The van der Waals surface area contributed by atoms with Crippen LogP contribution in [0, 0.1) is 5.41 Å². The van der Waals surface area contributed by atoms with Crippen LogP contribution in [-0.2, 0) is 9.59 Å². The molecule has 0 bridgehead atoms. The summed E-state index contributed by atoms with van der Waals surface area (Å²) in [5, 5.41) is 19.4. The van der Waals surface area contributed by atoms with E-state index in [1.807, 2.05) is 0 Å². The molecular formula is C8H16N2O4. The van der Waals surface area contributed by atoms with Crippen LogP contribution in [0.1, 0.15) is 13.8 Å². The Balaban J connectivity index is 4.37. The molecule has 82 valence electrons. The van der Waals surface area contributed by atoms with Crippen molar-refractivity contribution in [2.45, 2.75) is 19.9 Å². The lowest BCUT2D eigenvalue weighted by atomic mass is 9.92. The number of aliphatic hydroxyl groups excluding tert-OH is 1. The molecule has 6 heteroatoms. The second-order valence-electron chi connectivity index (χ2n) is 3.63. The van der Waals surface area contributed by atoms with Crippen molar-refractivity contribution in [2.24, 2.45) is 11.1 Å². The summed E-state index contributed by atoms with van der Waals surface area (Å²) in [5.74, 6) is -1.75. The molecule has 0 rings (SSSR count). The van der Waals surface area contributed by atoms with Crippen molar-refractivity contribution in [1.29, 1.82) is 0 Å². The van der Waals surface area contributed by atoms with Crippen molar-refractivity contribution in [3.05, 3.63) is 0 Å². The highest BCUT2D eigenvalue weighted by Crippen LogP contribution is 2.12. The lowest BCUT2D eigenvalue weighted by Gasteiger charge is -2.23. The van der Waals surface area contributed by atoms with Gasteiger partial charge in [-0.15, -0.1) is 0 Å². The van der Waals surface area contributed by atoms with Crippen molar-refractivity contribution >= 4 is 11.9 Å². The molecule has 0 aromatic carbocycles. The zero-order valence-corrected chi connectivity index (χ0v) is 8.28. The predicted octanol–water partition coefficient (Wildman–Crippen LogP) is -1.47. The topological polar surface area (TPSA) is 113 Å². The second kappa shape index (κ2) is 4.92. The van der Waals surface area contributed by atoms with Gasteiger partial charge >= 0.3 is 5.97 Å². The summed E-state index contributed by atoms with van der Waals surface area (Å²) in [6, 6.07) is -1.27. The third-order valence-corrected chi connectivity index (χ3v) is 1.91. The smallest absolute Gasteiger partial charge is 0.328 e. The first-order chi connectivity index (χ1) is 6.35. The molecule has 0 spiro atoms. The highest BCUT2D eigenvalue weighted by molar-refractivity contribution is 5.87.